The molecular formula is C15H22N2O3S. The quantitative estimate of drug-likeness (QED) is 0.912. The summed E-state index contributed by atoms with van der Waals surface area (Å²) in [5.41, 5.74) is 0.261. The van der Waals surface area contributed by atoms with Crippen LogP contribution in [0.3, 0.4) is 0 Å². The van der Waals surface area contributed by atoms with E-state index in [1.807, 2.05) is 11.8 Å². The van der Waals surface area contributed by atoms with Crippen LogP contribution in [0.15, 0.2) is 16.7 Å². The average molecular weight is 310 g/mol. The number of likely N-dealkylation sites (tertiary alicyclic amines) is 1. The molecule has 1 aromatic rings. The molecule has 2 atom stereocenters. The van der Waals surface area contributed by atoms with Gasteiger partial charge in [-0.15, -0.1) is 0 Å². The lowest BCUT2D eigenvalue weighted by molar-refractivity contribution is 0.0606. The molecule has 0 aliphatic carbocycles. The zero-order valence-electron chi connectivity index (χ0n) is 12.4. The molecule has 1 aromatic heterocycles. The monoisotopic (exact) mass is 310 g/mol. The van der Waals surface area contributed by atoms with E-state index in [0.717, 1.165) is 25.7 Å². The number of aryl methyl sites for hydroxylation is 1. The Balaban J connectivity index is 1.92. The smallest absolute Gasteiger partial charge is 0.257 e. The minimum absolute atomic E-state index is 0.0183. The van der Waals surface area contributed by atoms with Crippen LogP contribution in [0.4, 0.5) is 0 Å². The van der Waals surface area contributed by atoms with Crippen molar-refractivity contribution in [3.8, 4) is 0 Å². The standard InChI is InChI=1S/C15H22N2O3S/c1-2-13-12(5-9-20-13)14(18)17-8-3-6-15(17)7-4-10-21(16,19)11-15/h5,9,16H,2-4,6-8,10-11H2,1H3. The summed E-state index contributed by atoms with van der Waals surface area (Å²) in [5, 5.41) is 0. The lowest BCUT2D eigenvalue weighted by atomic mass is 9.92. The first kappa shape index (κ1) is 14.6. The number of amides is 1. The summed E-state index contributed by atoms with van der Waals surface area (Å²) in [6.07, 6.45) is 5.69. The Bertz CT molecular complexity index is 650. The Morgan fingerprint density at radius 3 is 2.95 bits per heavy atom. The van der Waals surface area contributed by atoms with Gasteiger partial charge in [0, 0.05) is 28.4 Å². The summed E-state index contributed by atoms with van der Waals surface area (Å²) >= 11 is 0. The van der Waals surface area contributed by atoms with E-state index in [2.05, 4.69) is 0 Å². The normalized spacial score (nSPS) is 32.7. The summed E-state index contributed by atoms with van der Waals surface area (Å²) in [6.45, 7) is 2.66. The van der Waals surface area contributed by atoms with Crippen LogP contribution in [0.5, 0.6) is 0 Å². The Kier molecular flexibility index (Phi) is 3.59. The summed E-state index contributed by atoms with van der Waals surface area (Å²) < 4.78 is 25.6. The molecule has 2 unspecified atom stereocenters. The molecule has 6 heteroatoms. The van der Waals surface area contributed by atoms with Crippen molar-refractivity contribution in [1.82, 2.24) is 4.90 Å². The van der Waals surface area contributed by atoms with E-state index < -0.39 is 9.73 Å². The molecule has 1 amide bonds. The molecule has 1 spiro atoms. The molecule has 2 aliphatic rings. The highest BCUT2D eigenvalue weighted by molar-refractivity contribution is 7.92. The molecule has 0 aromatic carbocycles. The maximum atomic E-state index is 12.9. The van der Waals surface area contributed by atoms with E-state index in [4.69, 9.17) is 9.20 Å². The predicted octanol–water partition coefficient (Wildman–Crippen LogP) is 2.66. The molecule has 2 aliphatic heterocycles. The number of rotatable bonds is 2. The Morgan fingerprint density at radius 1 is 1.48 bits per heavy atom. The van der Waals surface area contributed by atoms with Crippen LogP contribution in [0.1, 0.15) is 48.7 Å². The fraction of sp³-hybridized carbons (Fsp3) is 0.667. The fourth-order valence-electron chi connectivity index (χ4n) is 3.83. The van der Waals surface area contributed by atoms with Crippen molar-refractivity contribution in [3.63, 3.8) is 0 Å². The fourth-order valence-corrected chi connectivity index (χ4v) is 5.90. The molecule has 2 fully saturated rings. The average Bonchev–Trinajstić information content (AvgIpc) is 3.03. The second-order valence-electron chi connectivity index (χ2n) is 6.16. The van der Waals surface area contributed by atoms with E-state index in [1.54, 1.807) is 12.3 Å². The van der Waals surface area contributed by atoms with Crippen LogP contribution in [0.2, 0.25) is 0 Å². The maximum Gasteiger partial charge on any atom is 0.257 e. The lowest BCUT2D eigenvalue weighted by Crippen LogP contribution is -2.54. The van der Waals surface area contributed by atoms with Gasteiger partial charge in [0.15, 0.2) is 0 Å². The second-order valence-corrected chi connectivity index (χ2v) is 8.48. The van der Waals surface area contributed by atoms with E-state index in [-0.39, 0.29) is 11.4 Å². The molecule has 116 valence electrons. The van der Waals surface area contributed by atoms with Crippen LogP contribution >= 0.6 is 0 Å². The highest BCUT2D eigenvalue weighted by Gasteiger charge is 2.47. The van der Waals surface area contributed by atoms with Gasteiger partial charge in [0.25, 0.3) is 5.91 Å². The Morgan fingerprint density at radius 2 is 2.24 bits per heavy atom. The lowest BCUT2D eigenvalue weighted by Gasteiger charge is -2.42. The van der Waals surface area contributed by atoms with Crippen molar-refractivity contribution in [2.24, 2.45) is 0 Å². The van der Waals surface area contributed by atoms with Crippen molar-refractivity contribution in [1.29, 1.82) is 4.78 Å². The van der Waals surface area contributed by atoms with Gasteiger partial charge >= 0.3 is 0 Å². The van der Waals surface area contributed by atoms with Crippen LogP contribution in [0, 0.1) is 4.78 Å². The van der Waals surface area contributed by atoms with Crippen molar-refractivity contribution in [3.05, 3.63) is 23.7 Å². The second kappa shape index (κ2) is 5.16. The van der Waals surface area contributed by atoms with Crippen LogP contribution < -0.4 is 0 Å². The van der Waals surface area contributed by atoms with Gasteiger partial charge in [-0.2, -0.15) is 0 Å². The molecule has 0 radical (unpaired) electrons. The number of carbonyl (C=O) groups is 1. The van der Waals surface area contributed by atoms with Gasteiger partial charge < -0.3 is 9.32 Å². The first-order chi connectivity index (χ1) is 9.97. The number of furan rings is 1. The molecule has 2 saturated heterocycles. The number of nitrogens with one attached hydrogen (secondary N) is 1. The van der Waals surface area contributed by atoms with Crippen molar-refractivity contribution < 1.29 is 13.4 Å². The SMILES string of the molecule is CCc1occc1C(=O)N1CCCC12CCCS(=N)(=O)C2. The largest absolute Gasteiger partial charge is 0.469 e. The molecule has 1 N–H and O–H groups in total. The maximum absolute atomic E-state index is 12.9. The zero-order valence-corrected chi connectivity index (χ0v) is 13.2. The number of nitrogens with zero attached hydrogens (tertiary/aromatic N) is 1. The Labute approximate surface area is 125 Å². The molecule has 5 nitrogen and oxygen atoms in total. The molecule has 3 rings (SSSR count). The van der Waals surface area contributed by atoms with Gasteiger partial charge in [-0.05, 0) is 31.7 Å². The number of hydrogen-bond donors (Lipinski definition) is 1. The van der Waals surface area contributed by atoms with Crippen molar-refractivity contribution in [2.45, 2.75) is 44.6 Å². The molecular weight excluding hydrogens is 288 g/mol. The van der Waals surface area contributed by atoms with Gasteiger partial charge in [-0.25, -0.2) is 4.21 Å². The minimum Gasteiger partial charge on any atom is -0.469 e. The third-order valence-electron chi connectivity index (χ3n) is 4.76. The van der Waals surface area contributed by atoms with Gasteiger partial charge in [-0.3, -0.25) is 9.57 Å². The van der Waals surface area contributed by atoms with Gasteiger partial charge in [0.1, 0.15) is 5.76 Å². The summed E-state index contributed by atoms with van der Waals surface area (Å²) in [6, 6.07) is 1.73. The third kappa shape index (κ3) is 2.50. The molecule has 21 heavy (non-hydrogen) atoms. The minimum atomic E-state index is -2.54. The number of carbonyl (C=O) groups excluding carboxylic acids is 1. The van der Waals surface area contributed by atoms with E-state index in [1.165, 1.54) is 0 Å². The van der Waals surface area contributed by atoms with Gasteiger partial charge in [0.05, 0.1) is 23.1 Å². The molecule has 3 heterocycles. The summed E-state index contributed by atoms with van der Waals surface area (Å²) in [5.74, 6) is 1.51. The first-order valence-corrected chi connectivity index (χ1v) is 9.50. The highest BCUT2D eigenvalue weighted by atomic mass is 32.2. The number of hydrogen-bond acceptors (Lipinski definition) is 4. The third-order valence-corrected chi connectivity index (χ3v) is 6.71. The van der Waals surface area contributed by atoms with Crippen LogP contribution in [-0.4, -0.2) is 38.6 Å². The van der Waals surface area contributed by atoms with Crippen molar-refractivity contribution in [2.75, 3.05) is 18.1 Å². The topological polar surface area (TPSA) is 74.4 Å². The highest BCUT2D eigenvalue weighted by Crippen LogP contribution is 2.39. The van der Waals surface area contributed by atoms with Crippen molar-refractivity contribution >= 4 is 15.6 Å². The summed E-state index contributed by atoms with van der Waals surface area (Å²) in [4.78, 5) is 14.8. The van der Waals surface area contributed by atoms with E-state index >= 15 is 0 Å². The van der Waals surface area contributed by atoms with Gasteiger partial charge in [0.2, 0.25) is 0 Å². The zero-order chi connectivity index (χ0) is 15.1. The Hall–Kier alpha value is -1.30. The summed E-state index contributed by atoms with van der Waals surface area (Å²) in [7, 11) is -2.54. The van der Waals surface area contributed by atoms with E-state index in [9.17, 15) is 9.00 Å². The predicted molar refractivity (Wildman–Crippen MR) is 80.9 cm³/mol. The van der Waals surface area contributed by atoms with Crippen LogP contribution in [0.25, 0.3) is 0 Å². The van der Waals surface area contributed by atoms with E-state index in [0.29, 0.717) is 35.8 Å². The van der Waals surface area contributed by atoms with Gasteiger partial charge in [-0.1, -0.05) is 6.92 Å². The van der Waals surface area contributed by atoms with Crippen LogP contribution in [-0.2, 0) is 16.1 Å². The molecule has 0 saturated carbocycles. The molecule has 0 bridgehead atoms. The first-order valence-electron chi connectivity index (χ1n) is 7.60.